The molecule has 1 saturated heterocycles. The third-order valence-corrected chi connectivity index (χ3v) is 4.23. The van der Waals surface area contributed by atoms with Gasteiger partial charge in [0.15, 0.2) is 0 Å². The second-order valence-electron chi connectivity index (χ2n) is 6.12. The van der Waals surface area contributed by atoms with Gasteiger partial charge in [0, 0.05) is 25.3 Å². The molecule has 2 aromatic rings. The lowest BCUT2D eigenvalue weighted by atomic mass is 10.1. The number of amides is 3. The maximum atomic E-state index is 12.0. The van der Waals surface area contributed by atoms with Crippen molar-refractivity contribution in [2.75, 3.05) is 37.7 Å². The summed E-state index contributed by atoms with van der Waals surface area (Å²) in [5.74, 6) is 0.378. The van der Waals surface area contributed by atoms with Crippen LogP contribution in [0.4, 0.5) is 10.5 Å². The third-order valence-electron chi connectivity index (χ3n) is 4.23. The predicted octanol–water partition coefficient (Wildman–Crippen LogP) is 1.23. The van der Waals surface area contributed by atoms with E-state index in [0.717, 1.165) is 24.3 Å². The van der Waals surface area contributed by atoms with Crippen molar-refractivity contribution in [3.63, 3.8) is 0 Å². The first-order valence-corrected chi connectivity index (χ1v) is 8.94. The molecule has 3 amide bonds. The molecule has 1 aliphatic rings. The topological polar surface area (TPSA) is 95.8 Å². The van der Waals surface area contributed by atoms with Gasteiger partial charge in [0.25, 0.3) is 0 Å². The largest absolute Gasteiger partial charge is 0.467 e. The fourth-order valence-electron chi connectivity index (χ4n) is 2.83. The van der Waals surface area contributed by atoms with Crippen LogP contribution in [-0.2, 0) is 22.6 Å². The summed E-state index contributed by atoms with van der Waals surface area (Å²) in [5, 5.41) is 8.03. The van der Waals surface area contributed by atoms with Crippen LogP contribution in [0.5, 0.6) is 0 Å². The second kappa shape index (κ2) is 9.63. The van der Waals surface area contributed by atoms with Crippen molar-refractivity contribution in [2.24, 2.45) is 0 Å². The first kappa shape index (κ1) is 18.8. The maximum Gasteiger partial charge on any atom is 0.315 e. The number of rotatable bonds is 7. The zero-order valence-corrected chi connectivity index (χ0v) is 15.1. The molecule has 1 fully saturated rings. The Hall–Kier alpha value is -3.00. The molecule has 0 unspecified atom stereocenters. The van der Waals surface area contributed by atoms with E-state index in [1.807, 2.05) is 24.3 Å². The van der Waals surface area contributed by atoms with Crippen molar-refractivity contribution < 1.29 is 18.7 Å². The highest BCUT2D eigenvalue weighted by Crippen LogP contribution is 2.21. The number of carbonyl (C=O) groups is 2. The van der Waals surface area contributed by atoms with Gasteiger partial charge in [-0.1, -0.05) is 18.2 Å². The molecule has 0 spiro atoms. The summed E-state index contributed by atoms with van der Waals surface area (Å²) in [7, 11) is 0. The van der Waals surface area contributed by atoms with Crippen molar-refractivity contribution in [1.29, 1.82) is 0 Å². The van der Waals surface area contributed by atoms with Crippen LogP contribution in [-0.4, -0.2) is 44.8 Å². The van der Waals surface area contributed by atoms with Gasteiger partial charge in [-0.3, -0.25) is 4.79 Å². The first-order chi connectivity index (χ1) is 13.2. The fourth-order valence-corrected chi connectivity index (χ4v) is 2.83. The van der Waals surface area contributed by atoms with Crippen molar-refractivity contribution in [3.05, 3.63) is 54.0 Å². The maximum absolute atomic E-state index is 12.0. The summed E-state index contributed by atoms with van der Waals surface area (Å²) in [6, 6.07) is 11.1. The smallest absolute Gasteiger partial charge is 0.315 e. The number of hydrogen-bond donors (Lipinski definition) is 3. The summed E-state index contributed by atoms with van der Waals surface area (Å²) >= 11 is 0. The SMILES string of the molecule is O=C(CNC(=O)NCc1ccccc1N1CCOCC1)NCc1ccco1. The van der Waals surface area contributed by atoms with Gasteiger partial charge in [0.2, 0.25) is 5.91 Å². The minimum absolute atomic E-state index is 0.0996. The van der Waals surface area contributed by atoms with Gasteiger partial charge in [-0.05, 0) is 23.8 Å². The van der Waals surface area contributed by atoms with Crippen LogP contribution in [0.2, 0.25) is 0 Å². The zero-order chi connectivity index (χ0) is 18.9. The van der Waals surface area contributed by atoms with Crippen molar-refractivity contribution in [3.8, 4) is 0 Å². The molecule has 3 N–H and O–H groups in total. The highest BCUT2D eigenvalue weighted by Gasteiger charge is 2.14. The van der Waals surface area contributed by atoms with Crippen LogP contribution >= 0.6 is 0 Å². The Bertz CT molecular complexity index is 742. The molecule has 27 heavy (non-hydrogen) atoms. The molecule has 0 bridgehead atoms. The molecule has 8 nitrogen and oxygen atoms in total. The standard InChI is InChI=1S/C19H24N4O4/c24-18(20-13-16-5-3-9-27-16)14-22-19(25)21-12-15-4-1-2-6-17(15)23-7-10-26-11-8-23/h1-6,9H,7-8,10-14H2,(H,20,24)(H2,21,22,25). The van der Waals surface area contributed by atoms with Crippen LogP contribution in [0.25, 0.3) is 0 Å². The van der Waals surface area contributed by atoms with E-state index in [0.29, 0.717) is 32.1 Å². The lowest BCUT2D eigenvalue weighted by Gasteiger charge is -2.30. The van der Waals surface area contributed by atoms with E-state index in [2.05, 4.69) is 20.9 Å². The normalized spacial score (nSPS) is 13.9. The number of para-hydroxylation sites is 1. The van der Waals surface area contributed by atoms with Gasteiger partial charge < -0.3 is 30.0 Å². The Morgan fingerprint density at radius 3 is 2.56 bits per heavy atom. The van der Waals surface area contributed by atoms with Gasteiger partial charge in [-0.2, -0.15) is 0 Å². The average Bonchev–Trinajstić information content (AvgIpc) is 3.24. The minimum Gasteiger partial charge on any atom is -0.467 e. The van der Waals surface area contributed by atoms with Crippen LogP contribution in [0, 0.1) is 0 Å². The lowest BCUT2D eigenvalue weighted by molar-refractivity contribution is -0.120. The van der Waals surface area contributed by atoms with Crippen LogP contribution in [0.3, 0.4) is 0 Å². The number of furan rings is 1. The Kier molecular flexibility index (Phi) is 6.70. The van der Waals surface area contributed by atoms with E-state index in [4.69, 9.17) is 9.15 Å². The Morgan fingerprint density at radius 1 is 0.963 bits per heavy atom. The molecule has 2 heterocycles. The van der Waals surface area contributed by atoms with Gasteiger partial charge >= 0.3 is 6.03 Å². The number of anilines is 1. The number of ether oxygens (including phenoxy) is 1. The number of urea groups is 1. The van der Waals surface area contributed by atoms with E-state index in [1.54, 1.807) is 18.4 Å². The number of morpholine rings is 1. The second-order valence-corrected chi connectivity index (χ2v) is 6.12. The summed E-state index contributed by atoms with van der Waals surface area (Å²) in [4.78, 5) is 26.0. The molecule has 1 aromatic heterocycles. The third kappa shape index (κ3) is 5.75. The molecular formula is C19H24N4O4. The Balaban J connectivity index is 1.42. The highest BCUT2D eigenvalue weighted by atomic mass is 16.5. The van der Waals surface area contributed by atoms with Crippen molar-refractivity contribution >= 4 is 17.6 Å². The monoisotopic (exact) mass is 372 g/mol. The van der Waals surface area contributed by atoms with E-state index < -0.39 is 0 Å². The molecule has 1 aliphatic heterocycles. The number of nitrogens with one attached hydrogen (secondary N) is 3. The molecule has 0 saturated carbocycles. The van der Waals surface area contributed by atoms with Gasteiger partial charge in [0.05, 0.1) is 32.6 Å². The summed E-state index contributed by atoms with van der Waals surface area (Å²) in [6.07, 6.45) is 1.54. The zero-order valence-electron chi connectivity index (χ0n) is 15.1. The van der Waals surface area contributed by atoms with Crippen LogP contribution in [0.1, 0.15) is 11.3 Å². The number of carbonyl (C=O) groups excluding carboxylic acids is 2. The van der Waals surface area contributed by atoms with Gasteiger partial charge in [-0.25, -0.2) is 4.79 Å². The quantitative estimate of drug-likeness (QED) is 0.679. The van der Waals surface area contributed by atoms with Crippen LogP contribution < -0.4 is 20.9 Å². The Labute approximate surface area is 157 Å². The van der Waals surface area contributed by atoms with E-state index in [9.17, 15) is 9.59 Å². The number of hydrogen-bond acceptors (Lipinski definition) is 5. The van der Waals surface area contributed by atoms with Gasteiger partial charge in [0.1, 0.15) is 5.76 Å². The average molecular weight is 372 g/mol. The summed E-state index contributed by atoms with van der Waals surface area (Å²) in [5.41, 5.74) is 2.12. The van der Waals surface area contributed by atoms with E-state index >= 15 is 0 Å². The molecule has 0 radical (unpaired) electrons. The first-order valence-electron chi connectivity index (χ1n) is 8.94. The van der Waals surface area contributed by atoms with Crippen LogP contribution in [0.15, 0.2) is 47.1 Å². The minimum atomic E-state index is -0.389. The van der Waals surface area contributed by atoms with E-state index in [-0.39, 0.29) is 18.5 Å². The predicted molar refractivity (Wildman–Crippen MR) is 100 cm³/mol. The molecule has 144 valence electrons. The van der Waals surface area contributed by atoms with Crippen molar-refractivity contribution in [2.45, 2.75) is 13.1 Å². The lowest BCUT2D eigenvalue weighted by Crippen LogP contribution is -2.42. The molecule has 1 aromatic carbocycles. The molecule has 0 atom stereocenters. The summed E-state index contributed by atoms with van der Waals surface area (Å²) in [6.45, 7) is 3.65. The van der Waals surface area contributed by atoms with E-state index in [1.165, 1.54) is 0 Å². The molecular weight excluding hydrogens is 348 g/mol. The molecule has 0 aliphatic carbocycles. The van der Waals surface area contributed by atoms with Crippen molar-refractivity contribution in [1.82, 2.24) is 16.0 Å². The fraction of sp³-hybridized carbons (Fsp3) is 0.368. The molecule has 3 rings (SSSR count). The number of benzene rings is 1. The van der Waals surface area contributed by atoms with Gasteiger partial charge in [-0.15, -0.1) is 0 Å². The highest BCUT2D eigenvalue weighted by molar-refractivity contribution is 5.83. The Morgan fingerprint density at radius 2 is 1.78 bits per heavy atom. The number of nitrogens with zero attached hydrogens (tertiary/aromatic N) is 1. The molecule has 8 heteroatoms. The summed E-state index contributed by atoms with van der Waals surface area (Å²) < 4.78 is 10.5.